The van der Waals surface area contributed by atoms with Crippen LogP contribution in [0, 0.1) is 5.41 Å². The average Bonchev–Trinajstić information content (AvgIpc) is 2.76. The molecule has 1 aliphatic carbocycles. The van der Waals surface area contributed by atoms with E-state index in [4.69, 9.17) is 9.47 Å². The molecule has 4 rings (SSSR count). The fourth-order valence-corrected chi connectivity index (χ4v) is 4.48. The van der Waals surface area contributed by atoms with Crippen LogP contribution in [0.5, 0.6) is 5.75 Å². The van der Waals surface area contributed by atoms with E-state index in [0.29, 0.717) is 23.3 Å². The van der Waals surface area contributed by atoms with Gasteiger partial charge in [0.05, 0.1) is 5.57 Å². The normalized spacial score (nSPS) is 19.8. The Morgan fingerprint density at radius 3 is 2.53 bits per heavy atom. The first kappa shape index (κ1) is 21.8. The minimum absolute atomic E-state index is 0.0655. The number of hydrogen-bond donors (Lipinski definition) is 1. The van der Waals surface area contributed by atoms with Gasteiger partial charge in [0.25, 0.3) is 0 Å². The van der Waals surface area contributed by atoms with E-state index >= 15 is 0 Å². The maximum absolute atomic E-state index is 13.2. The van der Waals surface area contributed by atoms with E-state index in [1.54, 1.807) is 12.4 Å². The number of carbonyl (C=O) groups excluding carboxylic acids is 2. The summed E-state index contributed by atoms with van der Waals surface area (Å²) >= 11 is 0. The number of allylic oxidation sites excluding steroid dienone is 3. The van der Waals surface area contributed by atoms with E-state index < -0.39 is 11.9 Å². The molecule has 1 N–H and O–H groups in total. The maximum Gasteiger partial charge on any atom is 0.336 e. The molecule has 2 aliphatic rings. The number of Topliss-reactive ketones (excluding diaryl/α,β-unsaturated/α-hetero) is 1. The van der Waals surface area contributed by atoms with Crippen molar-refractivity contribution in [2.45, 2.75) is 39.5 Å². The molecule has 1 aromatic carbocycles. The Morgan fingerprint density at radius 2 is 1.81 bits per heavy atom. The van der Waals surface area contributed by atoms with Gasteiger partial charge in [-0.3, -0.25) is 9.78 Å². The van der Waals surface area contributed by atoms with Gasteiger partial charge in [-0.25, -0.2) is 4.79 Å². The lowest BCUT2D eigenvalue weighted by Crippen LogP contribution is -2.38. The minimum atomic E-state index is -0.472. The largest absolute Gasteiger partial charge is 0.490 e. The molecular weight excluding hydrogens is 404 g/mol. The van der Waals surface area contributed by atoms with Crippen LogP contribution in [0.25, 0.3) is 0 Å². The topological polar surface area (TPSA) is 77.5 Å². The molecule has 1 aromatic heterocycles. The molecule has 0 unspecified atom stereocenters. The lowest BCUT2D eigenvalue weighted by Gasteiger charge is -2.39. The second kappa shape index (κ2) is 8.99. The number of ketones is 1. The van der Waals surface area contributed by atoms with E-state index in [0.717, 1.165) is 23.4 Å². The van der Waals surface area contributed by atoms with Gasteiger partial charge in [-0.2, -0.15) is 0 Å². The van der Waals surface area contributed by atoms with Crippen molar-refractivity contribution < 1.29 is 19.1 Å². The smallest absolute Gasteiger partial charge is 0.336 e. The second-order valence-corrected chi connectivity index (χ2v) is 9.01. The third kappa shape index (κ3) is 4.59. The molecule has 166 valence electrons. The Kier molecular flexibility index (Phi) is 6.12. The molecule has 2 heterocycles. The number of ether oxygens (including phenoxy) is 2. The summed E-state index contributed by atoms with van der Waals surface area (Å²) < 4.78 is 11.2. The molecule has 0 saturated heterocycles. The molecule has 1 atom stereocenters. The van der Waals surface area contributed by atoms with Crippen molar-refractivity contribution in [3.63, 3.8) is 0 Å². The molecule has 0 bridgehead atoms. The second-order valence-electron chi connectivity index (χ2n) is 9.01. The molecule has 6 nitrogen and oxygen atoms in total. The van der Waals surface area contributed by atoms with Gasteiger partial charge in [-0.15, -0.1) is 0 Å². The van der Waals surface area contributed by atoms with E-state index in [2.05, 4.69) is 24.1 Å². The SMILES string of the molecule is CC1=C(C(=O)OCCOc2ccccc2)[C@H](c2ccncc2)C2=C(CC(C)(C)CC2=O)N1. The van der Waals surface area contributed by atoms with E-state index in [1.807, 2.05) is 49.4 Å². The van der Waals surface area contributed by atoms with E-state index in [9.17, 15) is 9.59 Å². The van der Waals surface area contributed by atoms with Gasteiger partial charge in [-0.1, -0.05) is 32.0 Å². The van der Waals surface area contributed by atoms with Gasteiger partial charge < -0.3 is 14.8 Å². The number of dihydropyridines is 1. The predicted molar refractivity (Wildman–Crippen MR) is 121 cm³/mol. The monoisotopic (exact) mass is 432 g/mol. The zero-order chi connectivity index (χ0) is 22.7. The van der Waals surface area contributed by atoms with Gasteiger partial charge in [0.15, 0.2) is 5.78 Å². The number of carbonyl (C=O) groups is 2. The molecular formula is C26H28N2O4. The van der Waals surface area contributed by atoms with Crippen molar-refractivity contribution in [3.8, 4) is 5.75 Å². The predicted octanol–water partition coefficient (Wildman–Crippen LogP) is 4.31. The summed E-state index contributed by atoms with van der Waals surface area (Å²) in [6.45, 7) is 6.40. The number of nitrogens with one attached hydrogen (secondary N) is 1. The van der Waals surface area contributed by atoms with Crippen LogP contribution in [0.2, 0.25) is 0 Å². The molecule has 0 radical (unpaired) electrons. The summed E-state index contributed by atoms with van der Waals surface area (Å²) in [7, 11) is 0. The first-order chi connectivity index (χ1) is 15.4. The van der Waals surface area contributed by atoms with Gasteiger partial charge in [0.2, 0.25) is 0 Å². The van der Waals surface area contributed by atoms with Gasteiger partial charge in [0, 0.05) is 41.7 Å². The summed E-state index contributed by atoms with van der Waals surface area (Å²) in [5.74, 6) is -0.132. The highest BCUT2D eigenvalue weighted by Crippen LogP contribution is 2.46. The number of para-hydroxylation sites is 1. The molecule has 1 aliphatic heterocycles. The lowest BCUT2D eigenvalue weighted by atomic mass is 9.69. The number of benzene rings is 1. The molecule has 2 aromatic rings. The zero-order valence-corrected chi connectivity index (χ0v) is 18.7. The standard InChI is InChI=1S/C26H28N2O4/c1-17-22(25(30)32-14-13-31-19-7-5-4-6-8-19)23(18-9-11-27-12-10-18)24-20(28-17)15-26(2,3)16-21(24)29/h4-12,23,28H,13-16H2,1-3H3/t23-/m0/s1. The van der Waals surface area contributed by atoms with Crippen LogP contribution in [0.4, 0.5) is 0 Å². The molecule has 32 heavy (non-hydrogen) atoms. The first-order valence-corrected chi connectivity index (χ1v) is 10.8. The van der Waals surface area contributed by atoms with Crippen LogP contribution in [-0.2, 0) is 14.3 Å². The number of rotatable bonds is 6. The summed E-state index contributed by atoms with van der Waals surface area (Å²) in [4.78, 5) is 30.5. The molecule has 0 spiro atoms. The fraction of sp³-hybridized carbons (Fsp3) is 0.346. The van der Waals surface area contributed by atoms with Crippen LogP contribution >= 0.6 is 0 Å². The Morgan fingerprint density at radius 1 is 1.09 bits per heavy atom. The van der Waals surface area contributed by atoms with Crippen molar-refractivity contribution in [1.82, 2.24) is 10.3 Å². The van der Waals surface area contributed by atoms with Crippen molar-refractivity contribution in [3.05, 3.63) is 83.0 Å². The number of hydrogen-bond acceptors (Lipinski definition) is 6. The van der Waals surface area contributed by atoms with Crippen molar-refractivity contribution in [2.75, 3.05) is 13.2 Å². The lowest BCUT2D eigenvalue weighted by molar-refractivity contribution is -0.140. The van der Waals surface area contributed by atoms with Crippen LogP contribution in [0.1, 0.15) is 45.1 Å². The maximum atomic E-state index is 13.2. The summed E-state index contributed by atoms with van der Waals surface area (Å²) in [6, 6.07) is 13.1. The van der Waals surface area contributed by atoms with Crippen LogP contribution in [-0.4, -0.2) is 30.0 Å². The third-order valence-corrected chi connectivity index (χ3v) is 5.83. The number of nitrogens with zero attached hydrogens (tertiary/aromatic N) is 1. The number of pyridine rings is 1. The quantitative estimate of drug-likeness (QED) is 0.542. The highest BCUT2D eigenvalue weighted by atomic mass is 16.6. The van der Waals surface area contributed by atoms with Crippen molar-refractivity contribution in [2.24, 2.45) is 5.41 Å². The van der Waals surface area contributed by atoms with E-state index in [-0.39, 0.29) is 24.4 Å². The molecule has 0 amide bonds. The van der Waals surface area contributed by atoms with Gasteiger partial charge >= 0.3 is 5.97 Å². The Bertz CT molecular complexity index is 1070. The van der Waals surface area contributed by atoms with Crippen LogP contribution in [0.15, 0.2) is 77.4 Å². The van der Waals surface area contributed by atoms with Crippen LogP contribution in [0.3, 0.4) is 0 Å². The Hall–Kier alpha value is -3.41. The number of esters is 1. The average molecular weight is 433 g/mol. The minimum Gasteiger partial charge on any atom is -0.490 e. The third-order valence-electron chi connectivity index (χ3n) is 5.83. The number of aromatic nitrogens is 1. The van der Waals surface area contributed by atoms with Gasteiger partial charge in [-0.05, 0) is 48.6 Å². The molecule has 0 saturated carbocycles. The summed E-state index contributed by atoms with van der Waals surface area (Å²) in [5.41, 5.74) is 3.46. The Labute approximate surface area is 188 Å². The fourth-order valence-electron chi connectivity index (χ4n) is 4.48. The van der Waals surface area contributed by atoms with Crippen molar-refractivity contribution >= 4 is 11.8 Å². The first-order valence-electron chi connectivity index (χ1n) is 10.8. The van der Waals surface area contributed by atoms with Crippen LogP contribution < -0.4 is 10.1 Å². The summed E-state index contributed by atoms with van der Waals surface area (Å²) in [5, 5.41) is 3.34. The molecule has 0 fully saturated rings. The highest BCUT2D eigenvalue weighted by molar-refractivity contribution is 6.04. The van der Waals surface area contributed by atoms with Crippen molar-refractivity contribution in [1.29, 1.82) is 0 Å². The summed E-state index contributed by atoms with van der Waals surface area (Å²) in [6.07, 6.45) is 4.56. The van der Waals surface area contributed by atoms with Gasteiger partial charge in [0.1, 0.15) is 19.0 Å². The van der Waals surface area contributed by atoms with E-state index in [1.165, 1.54) is 0 Å². The zero-order valence-electron chi connectivity index (χ0n) is 18.7. The highest BCUT2D eigenvalue weighted by Gasteiger charge is 2.43. The Balaban J connectivity index is 1.57. The molecule has 6 heteroatoms.